The summed E-state index contributed by atoms with van der Waals surface area (Å²) in [6, 6.07) is 8.30. The minimum atomic E-state index is -3.96. The van der Waals surface area contributed by atoms with Crippen LogP contribution in [0.25, 0.3) is 0 Å². The molecule has 0 saturated heterocycles. The number of rotatable bonds is 8. The second kappa shape index (κ2) is 8.96. The average Bonchev–Trinajstić information content (AvgIpc) is 3.44. The Kier molecular flexibility index (Phi) is 6.29. The number of para-hydroxylation sites is 1. The summed E-state index contributed by atoms with van der Waals surface area (Å²) in [6.45, 7) is 2.88. The van der Waals surface area contributed by atoms with Crippen LogP contribution in [0, 0.1) is 5.92 Å². The quantitative estimate of drug-likeness (QED) is 0.611. The maximum Gasteiger partial charge on any atom is 0.262 e. The van der Waals surface area contributed by atoms with Crippen molar-refractivity contribution in [2.45, 2.75) is 51.6 Å². The van der Waals surface area contributed by atoms with Gasteiger partial charge in [-0.3, -0.25) is 4.98 Å². The van der Waals surface area contributed by atoms with Gasteiger partial charge in [0, 0.05) is 30.4 Å². The summed E-state index contributed by atoms with van der Waals surface area (Å²) in [7, 11) is -3.96. The van der Waals surface area contributed by atoms with Crippen LogP contribution in [0.4, 0.5) is 11.5 Å². The fourth-order valence-electron chi connectivity index (χ4n) is 4.53. The van der Waals surface area contributed by atoms with Crippen molar-refractivity contribution >= 4 is 27.9 Å². The van der Waals surface area contributed by atoms with Crippen molar-refractivity contribution in [1.82, 2.24) is 19.8 Å². The second-order valence-electron chi connectivity index (χ2n) is 8.39. The molecule has 2 atom stereocenters. The number of primary sulfonamides is 1. The number of nitrogens with two attached hydrogens (primary N) is 1. The Labute approximate surface area is 183 Å². The Morgan fingerprint density at radius 1 is 1.23 bits per heavy atom. The first kappa shape index (κ1) is 21.8. The van der Waals surface area contributed by atoms with Gasteiger partial charge < -0.3 is 5.32 Å². The van der Waals surface area contributed by atoms with E-state index in [1.54, 1.807) is 24.9 Å². The molecule has 1 unspecified atom stereocenters. The van der Waals surface area contributed by atoms with Gasteiger partial charge in [-0.25, -0.2) is 18.5 Å². The lowest BCUT2D eigenvalue weighted by molar-refractivity contribution is 0.404. The van der Waals surface area contributed by atoms with Crippen LogP contribution in [-0.4, -0.2) is 30.8 Å². The predicted molar refractivity (Wildman–Crippen MR) is 122 cm³/mol. The third-order valence-electron chi connectivity index (χ3n) is 6.09. The Morgan fingerprint density at radius 2 is 2.00 bits per heavy atom. The van der Waals surface area contributed by atoms with Gasteiger partial charge in [-0.1, -0.05) is 43.9 Å². The molecule has 4 rings (SSSR count). The van der Waals surface area contributed by atoms with Crippen LogP contribution in [0.5, 0.6) is 0 Å². The van der Waals surface area contributed by atoms with Crippen LogP contribution >= 0.6 is 0 Å². The largest absolute Gasteiger partial charge is 0.310 e. The highest BCUT2D eigenvalue weighted by Gasteiger charge is 2.41. The zero-order valence-corrected chi connectivity index (χ0v) is 18.5. The van der Waals surface area contributed by atoms with Crippen LogP contribution in [0.1, 0.15) is 44.6 Å². The Balaban J connectivity index is 1.66. The summed E-state index contributed by atoms with van der Waals surface area (Å²) >= 11 is 0. The number of aliphatic imine (C=N–C) groups is 1. The molecule has 31 heavy (non-hydrogen) atoms. The SMILES string of the molecule is C[C@@H](CC1CCCC1)NCc1ccccc1[N+]1(c2cnccn2)C=NC(S(N)(=O)=O)=C1. The molecule has 1 aliphatic carbocycles. The molecule has 2 aromatic rings. The van der Waals surface area contributed by atoms with E-state index in [0.717, 1.165) is 17.2 Å². The van der Waals surface area contributed by atoms with Crippen molar-refractivity contribution in [1.29, 1.82) is 0 Å². The van der Waals surface area contributed by atoms with Crippen LogP contribution in [0.15, 0.2) is 59.1 Å². The van der Waals surface area contributed by atoms with Gasteiger partial charge in [-0.15, -0.1) is 0 Å². The highest BCUT2D eigenvalue weighted by Crippen LogP contribution is 2.38. The number of nitrogens with zero attached hydrogens (tertiary/aromatic N) is 4. The molecule has 1 aliphatic heterocycles. The Hall–Kier alpha value is -2.46. The van der Waals surface area contributed by atoms with Crippen LogP contribution in [0.3, 0.4) is 0 Å². The summed E-state index contributed by atoms with van der Waals surface area (Å²) in [4.78, 5) is 12.8. The van der Waals surface area contributed by atoms with E-state index in [1.165, 1.54) is 38.3 Å². The fourth-order valence-corrected chi connectivity index (χ4v) is 5.04. The van der Waals surface area contributed by atoms with Crippen molar-refractivity contribution in [2.24, 2.45) is 16.0 Å². The normalized spacial score (nSPS) is 22.6. The zero-order chi connectivity index (χ0) is 21.9. The van der Waals surface area contributed by atoms with Gasteiger partial charge in [0.2, 0.25) is 11.4 Å². The lowest BCUT2D eigenvalue weighted by Gasteiger charge is -2.27. The molecule has 1 aromatic heterocycles. The molecule has 9 heteroatoms. The van der Waals surface area contributed by atoms with E-state index in [-0.39, 0.29) is 9.51 Å². The number of benzene rings is 1. The van der Waals surface area contributed by atoms with Gasteiger partial charge in [0.05, 0.1) is 6.20 Å². The maximum absolute atomic E-state index is 12.0. The van der Waals surface area contributed by atoms with Gasteiger partial charge in [0.25, 0.3) is 15.8 Å². The molecular weight excluding hydrogens is 412 g/mol. The summed E-state index contributed by atoms with van der Waals surface area (Å²) in [6.07, 6.45) is 14.3. The highest BCUT2D eigenvalue weighted by atomic mass is 32.2. The van der Waals surface area contributed by atoms with Crippen molar-refractivity contribution in [3.8, 4) is 0 Å². The minimum absolute atomic E-state index is 0.0888. The summed E-state index contributed by atoms with van der Waals surface area (Å²) < 4.78 is 23.9. The Morgan fingerprint density at radius 3 is 2.68 bits per heavy atom. The number of nitrogens with one attached hydrogen (secondary N) is 1. The first-order valence-corrected chi connectivity index (χ1v) is 12.2. The molecular formula is C22H29N6O2S+. The molecule has 0 spiro atoms. The first-order valence-electron chi connectivity index (χ1n) is 10.7. The molecule has 164 valence electrons. The van der Waals surface area contributed by atoms with E-state index >= 15 is 0 Å². The number of hydrogen-bond donors (Lipinski definition) is 2. The van der Waals surface area contributed by atoms with E-state index in [1.807, 2.05) is 24.3 Å². The first-order chi connectivity index (χ1) is 14.9. The van der Waals surface area contributed by atoms with Crippen LogP contribution in [0.2, 0.25) is 0 Å². The predicted octanol–water partition coefficient (Wildman–Crippen LogP) is 3.30. The van der Waals surface area contributed by atoms with Gasteiger partial charge in [-0.2, -0.15) is 9.48 Å². The Bertz CT molecular complexity index is 1080. The third-order valence-corrected chi connectivity index (χ3v) is 6.89. The summed E-state index contributed by atoms with van der Waals surface area (Å²) in [5.41, 5.74) is 1.88. The maximum atomic E-state index is 12.0. The molecule has 2 heterocycles. The molecule has 1 saturated carbocycles. The summed E-state index contributed by atoms with van der Waals surface area (Å²) in [5, 5.41) is 8.82. The van der Waals surface area contributed by atoms with Crippen molar-refractivity contribution < 1.29 is 8.42 Å². The number of hydrogen-bond acceptors (Lipinski definition) is 6. The summed E-state index contributed by atoms with van der Waals surface area (Å²) in [5.74, 6) is 1.35. The zero-order valence-electron chi connectivity index (χ0n) is 17.7. The lowest BCUT2D eigenvalue weighted by atomic mass is 9.99. The number of aromatic nitrogens is 2. The fraction of sp³-hybridized carbons (Fsp3) is 0.409. The molecule has 1 aromatic carbocycles. The van der Waals surface area contributed by atoms with Gasteiger partial charge in [0.15, 0.2) is 11.9 Å². The van der Waals surface area contributed by atoms with E-state index < -0.39 is 10.0 Å². The number of quaternary nitrogens is 1. The smallest absolute Gasteiger partial charge is 0.262 e. The van der Waals surface area contributed by atoms with E-state index in [4.69, 9.17) is 5.14 Å². The topological polar surface area (TPSA) is 110 Å². The standard InChI is InChI=1S/C22H29N6O2S/c1-17(12-18-6-2-3-7-18)26-13-19-8-4-5-9-20(19)28(21-14-24-10-11-25-21)15-22(27-16-28)31(23,29)30/h4-5,8-11,14-18,26H,2-3,6-7,12-13H2,1H3,(H2,23,29,30)/q+1/t17-,28?/m0/s1. The molecule has 2 aliphatic rings. The number of sulfonamides is 1. The van der Waals surface area contributed by atoms with Crippen molar-refractivity contribution in [3.63, 3.8) is 0 Å². The van der Waals surface area contributed by atoms with Crippen molar-refractivity contribution in [2.75, 3.05) is 0 Å². The molecule has 0 amide bonds. The van der Waals surface area contributed by atoms with E-state index in [2.05, 4.69) is 27.2 Å². The second-order valence-corrected chi connectivity index (χ2v) is 9.90. The van der Waals surface area contributed by atoms with Gasteiger partial charge in [-0.05, 0) is 19.3 Å². The molecule has 0 radical (unpaired) electrons. The monoisotopic (exact) mass is 441 g/mol. The van der Waals surface area contributed by atoms with Crippen LogP contribution in [-0.2, 0) is 16.6 Å². The third kappa shape index (κ3) is 4.74. The minimum Gasteiger partial charge on any atom is -0.310 e. The molecule has 0 bridgehead atoms. The van der Waals surface area contributed by atoms with E-state index in [9.17, 15) is 8.42 Å². The highest BCUT2D eigenvalue weighted by molar-refractivity contribution is 7.93. The molecule has 3 N–H and O–H groups in total. The molecule has 1 fully saturated rings. The molecule has 8 nitrogen and oxygen atoms in total. The van der Waals surface area contributed by atoms with E-state index in [0.29, 0.717) is 18.4 Å². The van der Waals surface area contributed by atoms with Crippen molar-refractivity contribution in [3.05, 3.63) is 59.6 Å². The average molecular weight is 442 g/mol. The lowest BCUT2D eigenvalue weighted by Crippen LogP contribution is -2.38. The van der Waals surface area contributed by atoms with Crippen LogP contribution < -0.4 is 14.9 Å². The van der Waals surface area contributed by atoms with Gasteiger partial charge in [0.1, 0.15) is 6.20 Å². The van der Waals surface area contributed by atoms with Gasteiger partial charge >= 0.3 is 0 Å².